The van der Waals surface area contributed by atoms with E-state index in [1.54, 1.807) is 6.20 Å². The molecule has 2 aliphatic rings. The molecule has 1 aromatic heterocycles. The van der Waals surface area contributed by atoms with E-state index in [0.29, 0.717) is 12.8 Å². The molecule has 118 valence electrons. The van der Waals surface area contributed by atoms with Crippen molar-refractivity contribution in [3.05, 3.63) is 18.3 Å². The number of hydrogen-bond donors (Lipinski definition) is 2. The summed E-state index contributed by atoms with van der Waals surface area (Å²) in [6.45, 7) is 4.03. The molecule has 0 spiro atoms. The van der Waals surface area contributed by atoms with Gasteiger partial charge in [-0.15, -0.1) is 0 Å². The Morgan fingerprint density at radius 1 is 1.23 bits per heavy atom. The average molecular weight is 303 g/mol. The number of piperidine rings is 1. The van der Waals surface area contributed by atoms with E-state index in [1.165, 1.54) is 0 Å². The van der Waals surface area contributed by atoms with E-state index in [2.05, 4.69) is 32.5 Å². The van der Waals surface area contributed by atoms with Gasteiger partial charge in [-0.3, -0.25) is 14.9 Å². The molecule has 0 aliphatic carbocycles. The number of carbonyl (C=O) groups is 2. The summed E-state index contributed by atoms with van der Waals surface area (Å²) in [5.74, 6) is 0.493. The zero-order valence-corrected chi connectivity index (χ0v) is 12.7. The molecule has 3 rings (SSSR count). The van der Waals surface area contributed by atoms with E-state index >= 15 is 0 Å². The van der Waals surface area contributed by atoms with Crippen LogP contribution >= 0.6 is 0 Å². The number of likely N-dealkylation sites (N-methyl/N-ethyl adjacent to an activating group) is 1. The van der Waals surface area contributed by atoms with E-state index in [1.807, 2.05) is 12.1 Å². The number of anilines is 2. The average Bonchev–Trinajstić information content (AvgIpc) is 2.52. The van der Waals surface area contributed by atoms with E-state index in [4.69, 9.17) is 0 Å². The molecular weight excluding hydrogens is 282 g/mol. The van der Waals surface area contributed by atoms with Crippen LogP contribution in [0.4, 0.5) is 11.5 Å². The van der Waals surface area contributed by atoms with Crippen LogP contribution in [0.25, 0.3) is 0 Å². The molecule has 0 saturated carbocycles. The Kier molecular flexibility index (Phi) is 4.24. The minimum atomic E-state index is -0.367. The standard InChI is InChI=1S/C15H21N5O2/c1-19-6-8-20(9-7-19)13-4-2-11(10-16-13)17-12-3-5-14(21)18-15(12)22/h2,4,10,12,17H,3,5-9H2,1H3,(H,18,21,22). The van der Waals surface area contributed by atoms with Gasteiger partial charge in [0.15, 0.2) is 0 Å². The monoisotopic (exact) mass is 303 g/mol. The van der Waals surface area contributed by atoms with Crippen molar-refractivity contribution in [3.8, 4) is 0 Å². The molecule has 1 aromatic rings. The van der Waals surface area contributed by atoms with E-state index in [-0.39, 0.29) is 17.9 Å². The minimum Gasteiger partial charge on any atom is -0.372 e. The molecule has 7 heteroatoms. The number of piperazine rings is 1. The summed E-state index contributed by atoms with van der Waals surface area (Å²) in [5.41, 5.74) is 0.798. The van der Waals surface area contributed by atoms with Crippen molar-refractivity contribution >= 4 is 23.3 Å². The Hall–Kier alpha value is -2.15. The summed E-state index contributed by atoms with van der Waals surface area (Å²) >= 11 is 0. The molecule has 2 saturated heterocycles. The van der Waals surface area contributed by atoms with Crippen LogP contribution in [0.1, 0.15) is 12.8 Å². The predicted octanol–water partition coefficient (Wildman–Crippen LogP) is 0.0505. The number of aromatic nitrogens is 1. The normalized spacial score (nSPS) is 23.3. The zero-order chi connectivity index (χ0) is 15.5. The van der Waals surface area contributed by atoms with Crippen LogP contribution < -0.4 is 15.5 Å². The summed E-state index contributed by atoms with van der Waals surface area (Å²) in [7, 11) is 2.12. The smallest absolute Gasteiger partial charge is 0.249 e. The first-order chi connectivity index (χ1) is 10.6. The largest absolute Gasteiger partial charge is 0.372 e. The second-order valence-electron chi connectivity index (χ2n) is 5.84. The van der Waals surface area contributed by atoms with Crippen molar-refractivity contribution in [2.24, 2.45) is 0 Å². The summed E-state index contributed by atoms with van der Waals surface area (Å²) in [6.07, 6.45) is 2.64. The van der Waals surface area contributed by atoms with Gasteiger partial charge in [0.05, 0.1) is 11.9 Å². The SMILES string of the molecule is CN1CCN(c2ccc(NC3CCC(=O)NC3=O)cn2)CC1. The molecule has 1 atom stereocenters. The maximum absolute atomic E-state index is 11.7. The lowest BCUT2D eigenvalue weighted by atomic mass is 10.1. The van der Waals surface area contributed by atoms with Gasteiger partial charge in [0, 0.05) is 32.6 Å². The van der Waals surface area contributed by atoms with Gasteiger partial charge >= 0.3 is 0 Å². The Balaban J connectivity index is 1.59. The van der Waals surface area contributed by atoms with Crippen LogP contribution in [0.2, 0.25) is 0 Å². The van der Waals surface area contributed by atoms with Crippen LogP contribution in [0, 0.1) is 0 Å². The van der Waals surface area contributed by atoms with Crippen molar-refractivity contribution < 1.29 is 9.59 Å². The number of rotatable bonds is 3. The number of imide groups is 1. The Morgan fingerprint density at radius 3 is 2.64 bits per heavy atom. The molecule has 2 fully saturated rings. The predicted molar refractivity (Wildman–Crippen MR) is 83.7 cm³/mol. The highest BCUT2D eigenvalue weighted by molar-refractivity contribution is 6.01. The first kappa shape index (κ1) is 14.8. The summed E-state index contributed by atoms with van der Waals surface area (Å²) in [5, 5.41) is 5.48. The minimum absolute atomic E-state index is 0.202. The van der Waals surface area contributed by atoms with Crippen LogP contribution in [-0.4, -0.2) is 61.0 Å². The van der Waals surface area contributed by atoms with Gasteiger partial charge in [-0.25, -0.2) is 4.98 Å². The van der Waals surface area contributed by atoms with Gasteiger partial charge in [0.25, 0.3) is 0 Å². The molecule has 2 amide bonds. The molecule has 2 aliphatic heterocycles. The molecule has 7 nitrogen and oxygen atoms in total. The lowest BCUT2D eigenvalue weighted by Gasteiger charge is -2.33. The van der Waals surface area contributed by atoms with Gasteiger partial charge < -0.3 is 15.1 Å². The lowest BCUT2D eigenvalue weighted by Crippen LogP contribution is -2.47. The van der Waals surface area contributed by atoms with Gasteiger partial charge in [0.2, 0.25) is 11.8 Å². The van der Waals surface area contributed by atoms with Gasteiger partial charge in [-0.05, 0) is 25.6 Å². The molecule has 0 bridgehead atoms. The van der Waals surface area contributed by atoms with Crippen LogP contribution in [-0.2, 0) is 9.59 Å². The van der Waals surface area contributed by atoms with Crippen LogP contribution in [0.5, 0.6) is 0 Å². The Morgan fingerprint density at radius 2 is 2.00 bits per heavy atom. The van der Waals surface area contributed by atoms with E-state index in [9.17, 15) is 9.59 Å². The fraction of sp³-hybridized carbons (Fsp3) is 0.533. The second kappa shape index (κ2) is 6.31. The van der Waals surface area contributed by atoms with Gasteiger partial charge in [0.1, 0.15) is 11.9 Å². The fourth-order valence-electron chi connectivity index (χ4n) is 2.73. The number of amides is 2. The molecule has 1 unspecified atom stereocenters. The first-order valence-corrected chi connectivity index (χ1v) is 7.61. The van der Waals surface area contributed by atoms with Gasteiger partial charge in [-0.2, -0.15) is 0 Å². The van der Waals surface area contributed by atoms with Crippen LogP contribution in [0.3, 0.4) is 0 Å². The maximum Gasteiger partial charge on any atom is 0.249 e. The highest BCUT2D eigenvalue weighted by Crippen LogP contribution is 2.18. The second-order valence-corrected chi connectivity index (χ2v) is 5.84. The highest BCUT2D eigenvalue weighted by Gasteiger charge is 2.26. The zero-order valence-electron chi connectivity index (χ0n) is 12.7. The van der Waals surface area contributed by atoms with E-state index < -0.39 is 0 Å². The molecule has 0 radical (unpaired) electrons. The quantitative estimate of drug-likeness (QED) is 0.769. The highest BCUT2D eigenvalue weighted by atomic mass is 16.2. The van der Waals surface area contributed by atoms with Gasteiger partial charge in [-0.1, -0.05) is 0 Å². The van der Waals surface area contributed by atoms with Crippen molar-refractivity contribution in [2.45, 2.75) is 18.9 Å². The van der Waals surface area contributed by atoms with Crippen molar-refractivity contribution in [3.63, 3.8) is 0 Å². The van der Waals surface area contributed by atoms with E-state index in [0.717, 1.165) is 37.7 Å². The Labute approximate surface area is 129 Å². The molecule has 0 aromatic carbocycles. The number of carbonyl (C=O) groups excluding carboxylic acids is 2. The van der Waals surface area contributed by atoms with Crippen LogP contribution in [0.15, 0.2) is 18.3 Å². The summed E-state index contributed by atoms with van der Waals surface area (Å²) in [4.78, 5) is 31.9. The first-order valence-electron chi connectivity index (χ1n) is 7.61. The third-order valence-electron chi connectivity index (χ3n) is 4.16. The molecule has 2 N–H and O–H groups in total. The number of pyridine rings is 1. The number of nitrogens with zero attached hydrogens (tertiary/aromatic N) is 3. The Bertz CT molecular complexity index is 552. The number of nitrogens with one attached hydrogen (secondary N) is 2. The molecule has 22 heavy (non-hydrogen) atoms. The third kappa shape index (κ3) is 3.36. The summed E-state index contributed by atoms with van der Waals surface area (Å²) in [6, 6.07) is 3.54. The summed E-state index contributed by atoms with van der Waals surface area (Å²) < 4.78 is 0. The van der Waals surface area contributed by atoms with Crippen molar-refractivity contribution in [1.82, 2.24) is 15.2 Å². The maximum atomic E-state index is 11.7. The fourth-order valence-corrected chi connectivity index (χ4v) is 2.73. The van der Waals surface area contributed by atoms with Crippen molar-refractivity contribution in [1.29, 1.82) is 0 Å². The van der Waals surface area contributed by atoms with Crippen molar-refractivity contribution in [2.75, 3.05) is 43.4 Å². The molecule has 3 heterocycles. The topological polar surface area (TPSA) is 77.6 Å². The molecular formula is C15H21N5O2. The third-order valence-corrected chi connectivity index (χ3v) is 4.16. The number of hydrogen-bond acceptors (Lipinski definition) is 6. The lowest BCUT2D eigenvalue weighted by molar-refractivity contribution is -0.133.